The van der Waals surface area contributed by atoms with E-state index in [0.29, 0.717) is 18.8 Å². The van der Waals surface area contributed by atoms with Gasteiger partial charge in [0.15, 0.2) is 11.6 Å². The van der Waals surface area contributed by atoms with Gasteiger partial charge >= 0.3 is 6.61 Å². The van der Waals surface area contributed by atoms with Gasteiger partial charge in [-0.15, -0.1) is 0 Å². The summed E-state index contributed by atoms with van der Waals surface area (Å²) in [7, 11) is 3.80. The summed E-state index contributed by atoms with van der Waals surface area (Å²) in [6.07, 6.45) is 2.41. The summed E-state index contributed by atoms with van der Waals surface area (Å²) >= 11 is 0. The number of nitrogens with zero attached hydrogens (tertiary/aromatic N) is 3. The van der Waals surface area contributed by atoms with Gasteiger partial charge < -0.3 is 19.7 Å². The molecule has 1 amide bonds. The van der Waals surface area contributed by atoms with Crippen LogP contribution >= 0.6 is 0 Å². The number of rotatable bonds is 8. The summed E-state index contributed by atoms with van der Waals surface area (Å²) in [6, 6.07) is 9.38. The van der Waals surface area contributed by atoms with Gasteiger partial charge in [-0.25, -0.2) is 4.98 Å². The van der Waals surface area contributed by atoms with Crippen LogP contribution in [-0.4, -0.2) is 61.7 Å². The van der Waals surface area contributed by atoms with Gasteiger partial charge in [-0.3, -0.25) is 9.69 Å². The lowest BCUT2D eigenvalue weighted by Crippen LogP contribution is -2.41. The van der Waals surface area contributed by atoms with Crippen molar-refractivity contribution in [1.29, 1.82) is 0 Å². The molecule has 1 aliphatic heterocycles. The summed E-state index contributed by atoms with van der Waals surface area (Å²) in [4.78, 5) is 20.9. The monoisotopic (exact) mass is 420 g/mol. The Balaban J connectivity index is 1.60. The Labute approximate surface area is 174 Å². The topological polar surface area (TPSA) is 66.9 Å². The van der Waals surface area contributed by atoms with Crippen LogP contribution in [0.25, 0.3) is 0 Å². The molecule has 2 atom stereocenters. The number of anilines is 2. The predicted molar refractivity (Wildman–Crippen MR) is 110 cm³/mol. The third-order valence-electron chi connectivity index (χ3n) is 4.93. The van der Waals surface area contributed by atoms with E-state index in [1.54, 1.807) is 25.3 Å². The fourth-order valence-corrected chi connectivity index (χ4v) is 3.36. The molecule has 0 saturated carbocycles. The van der Waals surface area contributed by atoms with E-state index in [1.807, 2.05) is 36.0 Å². The number of benzene rings is 1. The summed E-state index contributed by atoms with van der Waals surface area (Å²) in [5, 5.41) is 2.68. The van der Waals surface area contributed by atoms with Crippen molar-refractivity contribution >= 4 is 17.4 Å². The average Bonchev–Trinajstić information content (AvgIpc) is 3.17. The number of hydrogen-bond acceptors (Lipinski definition) is 6. The SMILES string of the molecule is CC(C(=O)Nc1ccccc1OC(F)F)N1CCC(Oc2cccnc2N(C)C)C1. The number of para-hydroxylation sites is 2. The Morgan fingerprint density at radius 1 is 1.23 bits per heavy atom. The summed E-state index contributed by atoms with van der Waals surface area (Å²) < 4.78 is 35.8. The molecule has 2 heterocycles. The lowest BCUT2D eigenvalue weighted by molar-refractivity contribution is -0.120. The van der Waals surface area contributed by atoms with Gasteiger partial charge in [-0.2, -0.15) is 8.78 Å². The average molecular weight is 420 g/mol. The number of aromatic nitrogens is 1. The molecule has 3 rings (SSSR count). The van der Waals surface area contributed by atoms with Crippen LogP contribution in [0.1, 0.15) is 13.3 Å². The third-order valence-corrected chi connectivity index (χ3v) is 4.93. The van der Waals surface area contributed by atoms with Crippen LogP contribution in [0.4, 0.5) is 20.3 Å². The molecule has 1 aliphatic rings. The van der Waals surface area contributed by atoms with Crippen molar-refractivity contribution in [1.82, 2.24) is 9.88 Å². The number of nitrogens with one attached hydrogen (secondary N) is 1. The van der Waals surface area contributed by atoms with Gasteiger partial charge in [0.1, 0.15) is 11.9 Å². The molecule has 1 N–H and O–H groups in total. The van der Waals surface area contributed by atoms with E-state index in [0.717, 1.165) is 12.2 Å². The van der Waals surface area contributed by atoms with Crippen molar-refractivity contribution < 1.29 is 23.0 Å². The van der Waals surface area contributed by atoms with Crippen molar-refractivity contribution in [2.75, 3.05) is 37.4 Å². The number of likely N-dealkylation sites (tertiary alicyclic amines) is 1. The van der Waals surface area contributed by atoms with Crippen LogP contribution in [0.15, 0.2) is 42.6 Å². The van der Waals surface area contributed by atoms with E-state index in [2.05, 4.69) is 15.0 Å². The van der Waals surface area contributed by atoms with E-state index in [1.165, 1.54) is 12.1 Å². The number of hydrogen-bond donors (Lipinski definition) is 1. The van der Waals surface area contributed by atoms with Crippen molar-refractivity contribution in [2.24, 2.45) is 0 Å². The Morgan fingerprint density at radius 2 is 1.97 bits per heavy atom. The van der Waals surface area contributed by atoms with Gasteiger partial charge in [0.2, 0.25) is 5.91 Å². The summed E-state index contributed by atoms with van der Waals surface area (Å²) in [6.45, 7) is 0.0812. The minimum Gasteiger partial charge on any atom is -0.485 e. The summed E-state index contributed by atoms with van der Waals surface area (Å²) in [5.41, 5.74) is 0.215. The van der Waals surface area contributed by atoms with Crippen LogP contribution in [0.5, 0.6) is 11.5 Å². The largest absolute Gasteiger partial charge is 0.485 e. The fourth-order valence-electron chi connectivity index (χ4n) is 3.36. The van der Waals surface area contributed by atoms with E-state index >= 15 is 0 Å². The van der Waals surface area contributed by atoms with Crippen molar-refractivity contribution in [3.63, 3.8) is 0 Å². The highest BCUT2D eigenvalue weighted by molar-refractivity contribution is 5.95. The fraction of sp³-hybridized carbons (Fsp3) is 0.429. The first-order chi connectivity index (χ1) is 14.3. The van der Waals surface area contributed by atoms with Crippen LogP contribution in [0, 0.1) is 0 Å². The van der Waals surface area contributed by atoms with Crippen LogP contribution in [-0.2, 0) is 4.79 Å². The molecule has 2 unspecified atom stereocenters. The van der Waals surface area contributed by atoms with E-state index in [9.17, 15) is 13.6 Å². The lowest BCUT2D eigenvalue weighted by atomic mass is 10.2. The minimum atomic E-state index is -2.96. The van der Waals surface area contributed by atoms with Crippen LogP contribution in [0.2, 0.25) is 0 Å². The van der Waals surface area contributed by atoms with Gasteiger partial charge in [0, 0.05) is 33.4 Å². The van der Waals surface area contributed by atoms with E-state index in [-0.39, 0.29) is 23.4 Å². The number of amides is 1. The van der Waals surface area contributed by atoms with E-state index < -0.39 is 12.7 Å². The van der Waals surface area contributed by atoms with Crippen molar-refractivity contribution in [2.45, 2.75) is 32.1 Å². The maximum Gasteiger partial charge on any atom is 0.387 e. The number of carbonyl (C=O) groups excluding carboxylic acids is 1. The predicted octanol–water partition coefficient (Wildman–Crippen LogP) is 3.23. The third kappa shape index (κ3) is 5.35. The normalized spacial score (nSPS) is 17.6. The Morgan fingerprint density at radius 3 is 2.70 bits per heavy atom. The zero-order valence-electron chi connectivity index (χ0n) is 17.2. The quantitative estimate of drug-likeness (QED) is 0.707. The highest BCUT2D eigenvalue weighted by Gasteiger charge is 2.31. The maximum atomic E-state index is 12.7. The Bertz CT molecular complexity index is 866. The first-order valence-corrected chi connectivity index (χ1v) is 9.73. The Hall–Kier alpha value is -2.94. The number of halogens is 2. The van der Waals surface area contributed by atoms with Crippen molar-refractivity contribution in [3.8, 4) is 11.5 Å². The van der Waals surface area contributed by atoms with Gasteiger partial charge in [-0.05, 0) is 37.6 Å². The molecule has 7 nitrogen and oxygen atoms in total. The lowest BCUT2D eigenvalue weighted by Gasteiger charge is -2.24. The molecule has 2 aromatic rings. The minimum absolute atomic E-state index is 0.0662. The molecule has 0 radical (unpaired) electrons. The zero-order chi connectivity index (χ0) is 21.7. The molecular formula is C21H26F2N4O3. The smallest absolute Gasteiger partial charge is 0.387 e. The molecule has 0 bridgehead atoms. The van der Waals surface area contributed by atoms with Gasteiger partial charge in [0.25, 0.3) is 0 Å². The summed E-state index contributed by atoms with van der Waals surface area (Å²) in [5.74, 6) is 1.08. The number of pyridine rings is 1. The molecule has 1 fully saturated rings. The van der Waals surface area contributed by atoms with Crippen molar-refractivity contribution in [3.05, 3.63) is 42.6 Å². The first-order valence-electron chi connectivity index (χ1n) is 9.73. The second-order valence-corrected chi connectivity index (χ2v) is 7.28. The molecule has 0 spiro atoms. The Kier molecular flexibility index (Phi) is 7.04. The first kappa shape index (κ1) is 21.8. The number of carbonyl (C=O) groups is 1. The van der Waals surface area contributed by atoms with E-state index in [4.69, 9.17) is 4.74 Å². The molecule has 1 saturated heterocycles. The van der Waals surface area contributed by atoms with Crippen LogP contribution < -0.4 is 19.7 Å². The molecule has 9 heteroatoms. The second kappa shape index (κ2) is 9.71. The highest BCUT2D eigenvalue weighted by Crippen LogP contribution is 2.28. The molecule has 1 aromatic heterocycles. The molecule has 30 heavy (non-hydrogen) atoms. The van der Waals surface area contributed by atoms with Gasteiger partial charge in [-0.1, -0.05) is 12.1 Å². The molecule has 0 aliphatic carbocycles. The molecule has 162 valence electrons. The maximum absolute atomic E-state index is 12.7. The zero-order valence-corrected chi connectivity index (χ0v) is 17.2. The number of ether oxygens (including phenoxy) is 2. The number of alkyl halides is 2. The second-order valence-electron chi connectivity index (χ2n) is 7.28. The highest BCUT2D eigenvalue weighted by atomic mass is 19.3. The molecule has 1 aromatic carbocycles. The van der Waals surface area contributed by atoms with Gasteiger partial charge in [0.05, 0.1) is 11.7 Å². The standard InChI is InChI=1S/C21H26F2N4O3/c1-14(20(28)25-16-7-4-5-8-17(16)30-21(22)23)27-12-10-15(13-27)29-18-9-6-11-24-19(18)26(2)3/h4-9,11,14-15,21H,10,12-13H2,1-3H3,(H,25,28). The van der Waals surface area contributed by atoms with Crippen LogP contribution in [0.3, 0.4) is 0 Å². The molecular weight excluding hydrogens is 394 g/mol.